The molecule has 3 rings (SSSR count). The standard InChI is InChI=1S/C18H17ClN4O4/c19-14-10-20-18(21-11-14)27-16-2-1-9-22(12-16)17(24)8-5-13-3-6-15(7-4-13)23(25)26/h3-8,10-11,16H,1-2,9,12H2/b8-5+. The number of nitro benzene ring substituents is 1. The van der Waals surface area contributed by atoms with Gasteiger partial charge in [-0.3, -0.25) is 14.9 Å². The van der Waals surface area contributed by atoms with Gasteiger partial charge >= 0.3 is 6.01 Å². The summed E-state index contributed by atoms with van der Waals surface area (Å²) in [5.41, 5.74) is 0.729. The highest BCUT2D eigenvalue weighted by atomic mass is 35.5. The number of piperidine rings is 1. The first-order valence-electron chi connectivity index (χ1n) is 8.37. The molecule has 8 nitrogen and oxygen atoms in total. The first-order valence-corrected chi connectivity index (χ1v) is 8.75. The van der Waals surface area contributed by atoms with Crippen LogP contribution >= 0.6 is 11.6 Å². The molecule has 1 aliphatic heterocycles. The SMILES string of the molecule is O=C(/C=C/c1ccc([N+](=O)[O-])cc1)N1CCCC(Oc2ncc(Cl)cn2)C1. The van der Waals surface area contributed by atoms with Crippen LogP contribution in [0.15, 0.2) is 42.7 Å². The van der Waals surface area contributed by atoms with Crippen LogP contribution in [0.4, 0.5) is 5.69 Å². The fraction of sp³-hybridized carbons (Fsp3) is 0.278. The summed E-state index contributed by atoms with van der Waals surface area (Å²) in [6, 6.07) is 6.24. The molecule has 0 radical (unpaired) electrons. The third-order valence-corrected chi connectivity index (χ3v) is 4.28. The zero-order valence-electron chi connectivity index (χ0n) is 14.3. The lowest BCUT2D eigenvalue weighted by Crippen LogP contribution is -2.43. The maximum atomic E-state index is 12.4. The summed E-state index contributed by atoms with van der Waals surface area (Å²) in [5.74, 6) is -0.140. The zero-order valence-corrected chi connectivity index (χ0v) is 15.1. The molecule has 1 atom stereocenters. The van der Waals surface area contributed by atoms with Crippen LogP contribution in [0.25, 0.3) is 6.08 Å². The lowest BCUT2D eigenvalue weighted by atomic mass is 10.1. The molecule has 1 unspecified atom stereocenters. The van der Waals surface area contributed by atoms with Crippen molar-refractivity contribution in [3.63, 3.8) is 0 Å². The predicted molar refractivity (Wildman–Crippen MR) is 99.4 cm³/mol. The number of hydrogen-bond donors (Lipinski definition) is 0. The summed E-state index contributed by atoms with van der Waals surface area (Å²) in [4.78, 5) is 32.3. The van der Waals surface area contributed by atoms with Crippen LogP contribution in [0.1, 0.15) is 18.4 Å². The Morgan fingerprint density at radius 3 is 2.67 bits per heavy atom. The molecular weight excluding hydrogens is 372 g/mol. The number of benzene rings is 1. The Morgan fingerprint density at radius 2 is 2.00 bits per heavy atom. The molecule has 1 fully saturated rings. The van der Waals surface area contributed by atoms with E-state index in [9.17, 15) is 14.9 Å². The molecule has 1 aliphatic rings. The van der Waals surface area contributed by atoms with E-state index in [2.05, 4.69) is 9.97 Å². The molecule has 0 bridgehead atoms. The minimum absolute atomic E-state index is 0.0129. The Hall–Kier alpha value is -3.00. The van der Waals surface area contributed by atoms with E-state index in [1.807, 2.05) is 0 Å². The summed E-state index contributed by atoms with van der Waals surface area (Å²) in [7, 11) is 0. The van der Waals surface area contributed by atoms with Crippen molar-refractivity contribution in [1.82, 2.24) is 14.9 Å². The maximum absolute atomic E-state index is 12.4. The van der Waals surface area contributed by atoms with E-state index in [1.54, 1.807) is 23.1 Å². The highest BCUT2D eigenvalue weighted by Crippen LogP contribution is 2.17. The molecule has 140 valence electrons. The van der Waals surface area contributed by atoms with Gasteiger partial charge in [0.1, 0.15) is 6.10 Å². The molecule has 0 spiro atoms. The quantitative estimate of drug-likeness (QED) is 0.443. The van der Waals surface area contributed by atoms with Crippen molar-refractivity contribution < 1.29 is 14.5 Å². The van der Waals surface area contributed by atoms with E-state index < -0.39 is 4.92 Å². The second-order valence-corrected chi connectivity index (χ2v) is 6.47. The molecule has 0 aliphatic carbocycles. The highest BCUT2D eigenvalue weighted by Gasteiger charge is 2.24. The van der Waals surface area contributed by atoms with Crippen molar-refractivity contribution in [1.29, 1.82) is 0 Å². The van der Waals surface area contributed by atoms with Crippen LogP contribution in [0.5, 0.6) is 6.01 Å². The Labute approximate surface area is 160 Å². The predicted octanol–water partition coefficient (Wildman–Crippen LogP) is 3.12. The number of rotatable bonds is 5. The van der Waals surface area contributed by atoms with Gasteiger partial charge in [-0.25, -0.2) is 9.97 Å². The molecule has 1 aromatic heterocycles. The lowest BCUT2D eigenvalue weighted by Gasteiger charge is -2.31. The molecule has 9 heteroatoms. The Kier molecular flexibility index (Phi) is 5.97. The Morgan fingerprint density at radius 1 is 1.30 bits per heavy atom. The number of nitro groups is 1. The number of carbonyl (C=O) groups is 1. The Balaban J connectivity index is 1.57. The van der Waals surface area contributed by atoms with Crippen molar-refractivity contribution in [3.8, 4) is 6.01 Å². The van der Waals surface area contributed by atoms with Crippen molar-refractivity contribution in [2.45, 2.75) is 18.9 Å². The van der Waals surface area contributed by atoms with Crippen LogP contribution in [0.2, 0.25) is 5.02 Å². The second kappa shape index (κ2) is 8.59. The summed E-state index contributed by atoms with van der Waals surface area (Å²) in [6.07, 6.45) is 7.46. The monoisotopic (exact) mass is 388 g/mol. The molecule has 1 saturated heterocycles. The van der Waals surface area contributed by atoms with Crippen LogP contribution in [0.3, 0.4) is 0 Å². The van der Waals surface area contributed by atoms with Crippen molar-refractivity contribution in [2.75, 3.05) is 13.1 Å². The number of ether oxygens (including phenoxy) is 1. The summed E-state index contributed by atoms with van der Waals surface area (Å²) in [6.45, 7) is 1.08. The number of likely N-dealkylation sites (tertiary alicyclic amines) is 1. The summed E-state index contributed by atoms with van der Waals surface area (Å²) in [5, 5.41) is 11.1. The van der Waals surface area contributed by atoms with Crippen LogP contribution in [-0.4, -0.2) is 44.9 Å². The van der Waals surface area contributed by atoms with Gasteiger partial charge in [0.15, 0.2) is 0 Å². The fourth-order valence-corrected chi connectivity index (χ4v) is 2.82. The number of hydrogen-bond acceptors (Lipinski definition) is 6. The van der Waals surface area contributed by atoms with Gasteiger partial charge in [-0.2, -0.15) is 0 Å². The molecule has 0 N–H and O–H groups in total. The molecule has 2 heterocycles. The Bertz CT molecular complexity index is 839. The molecule has 2 aromatic rings. The van der Waals surface area contributed by atoms with E-state index in [-0.39, 0.29) is 23.7 Å². The van der Waals surface area contributed by atoms with Gasteiger partial charge in [-0.1, -0.05) is 11.6 Å². The number of halogens is 1. The van der Waals surface area contributed by atoms with E-state index in [0.717, 1.165) is 12.8 Å². The maximum Gasteiger partial charge on any atom is 0.316 e. The molecule has 0 saturated carbocycles. The largest absolute Gasteiger partial charge is 0.458 e. The average Bonchev–Trinajstić information content (AvgIpc) is 2.68. The zero-order chi connectivity index (χ0) is 19.2. The van der Waals surface area contributed by atoms with Crippen molar-refractivity contribution in [3.05, 3.63) is 63.4 Å². The topological polar surface area (TPSA) is 98.5 Å². The molecule has 1 aromatic carbocycles. The summed E-state index contributed by atoms with van der Waals surface area (Å²) < 4.78 is 5.73. The second-order valence-electron chi connectivity index (χ2n) is 6.03. The van der Waals surface area contributed by atoms with Gasteiger partial charge in [0.25, 0.3) is 5.69 Å². The number of carbonyl (C=O) groups excluding carboxylic acids is 1. The van der Waals surface area contributed by atoms with Gasteiger partial charge in [0, 0.05) is 24.8 Å². The number of nitrogens with zero attached hydrogens (tertiary/aromatic N) is 4. The number of aromatic nitrogens is 2. The third-order valence-electron chi connectivity index (χ3n) is 4.08. The van der Waals surface area contributed by atoms with E-state index in [1.165, 1.54) is 30.6 Å². The molecular formula is C18H17ClN4O4. The first-order chi connectivity index (χ1) is 13.0. The van der Waals surface area contributed by atoms with E-state index >= 15 is 0 Å². The molecule has 27 heavy (non-hydrogen) atoms. The minimum atomic E-state index is -0.461. The average molecular weight is 389 g/mol. The third kappa shape index (κ3) is 5.24. The van der Waals surface area contributed by atoms with Crippen molar-refractivity contribution in [2.24, 2.45) is 0 Å². The number of non-ortho nitro benzene ring substituents is 1. The minimum Gasteiger partial charge on any atom is -0.458 e. The van der Waals surface area contributed by atoms with Crippen LogP contribution in [0, 0.1) is 10.1 Å². The molecule has 1 amide bonds. The van der Waals surface area contributed by atoms with Gasteiger partial charge in [0.2, 0.25) is 5.91 Å². The van der Waals surface area contributed by atoms with Gasteiger partial charge in [0.05, 0.1) is 28.9 Å². The van der Waals surface area contributed by atoms with Crippen LogP contribution in [-0.2, 0) is 4.79 Å². The van der Waals surface area contributed by atoms with E-state index in [0.29, 0.717) is 23.7 Å². The van der Waals surface area contributed by atoms with Crippen molar-refractivity contribution >= 4 is 29.3 Å². The normalized spacial score (nSPS) is 17.1. The van der Waals surface area contributed by atoms with Crippen LogP contribution < -0.4 is 4.74 Å². The fourth-order valence-electron chi connectivity index (χ4n) is 2.72. The first kappa shape index (κ1) is 18.8. The van der Waals surface area contributed by atoms with Gasteiger partial charge < -0.3 is 9.64 Å². The lowest BCUT2D eigenvalue weighted by molar-refractivity contribution is -0.384. The smallest absolute Gasteiger partial charge is 0.316 e. The van der Waals surface area contributed by atoms with Gasteiger partial charge in [-0.05, 0) is 36.6 Å². The van der Waals surface area contributed by atoms with E-state index in [4.69, 9.17) is 16.3 Å². The highest BCUT2D eigenvalue weighted by molar-refractivity contribution is 6.30. The number of amides is 1. The van der Waals surface area contributed by atoms with Gasteiger partial charge in [-0.15, -0.1) is 0 Å². The summed E-state index contributed by atoms with van der Waals surface area (Å²) >= 11 is 5.75.